The van der Waals surface area contributed by atoms with Gasteiger partial charge in [-0.3, -0.25) is 19.3 Å². The van der Waals surface area contributed by atoms with Crippen LogP contribution >= 0.6 is 0 Å². The Labute approximate surface area is 168 Å². The number of rotatable bonds is 15. The Bertz CT molecular complexity index is 535. The molecule has 0 aromatic rings. The lowest BCUT2D eigenvalue weighted by molar-refractivity contribution is -0.143. The predicted molar refractivity (Wildman–Crippen MR) is 107 cm³/mol. The normalized spacial score (nSPS) is 16.8. The van der Waals surface area contributed by atoms with Crippen molar-refractivity contribution in [3.05, 3.63) is 0 Å². The molecule has 0 N–H and O–H groups in total. The van der Waals surface area contributed by atoms with E-state index < -0.39 is 6.04 Å². The van der Waals surface area contributed by atoms with Gasteiger partial charge in [0.2, 0.25) is 0 Å². The molecule has 160 valence electrons. The number of urea groups is 1. The van der Waals surface area contributed by atoms with Crippen molar-refractivity contribution in [3.63, 3.8) is 0 Å². The molecule has 1 saturated heterocycles. The summed E-state index contributed by atoms with van der Waals surface area (Å²) in [5.41, 5.74) is 0. The third-order valence-electron chi connectivity index (χ3n) is 5.13. The van der Waals surface area contributed by atoms with Crippen molar-refractivity contribution in [3.8, 4) is 0 Å². The minimum absolute atomic E-state index is 0.154. The van der Waals surface area contributed by atoms with Gasteiger partial charge in [0.15, 0.2) is 0 Å². The Kier molecular flexibility index (Phi) is 11.4. The van der Waals surface area contributed by atoms with E-state index in [4.69, 9.17) is 4.74 Å². The maximum Gasteiger partial charge on any atom is 0.327 e. The second-order valence-electron chi connectivity index (χ2n) is 7.39. The van der Waals surface area contributed by atoms with Crippen molar-refractivity contribution in [2.24, 2.45) is 0 Å². The molecule has 0 aromatic carbocycles. The van der Waals surface area contributed by atoms with E-state index in [1.807, 2.05) is 0 Å². The molecule has 7 heteroatoms. The van der Waals surface area contributed by atoms with Gasteiger partial charge in [-0.2, -0.15) is 0 Å². The second kappa shape index (κ2) is 13.3. The van der Waals surface area contributed by atoms with Crippen molar-refractivity contribution in [1.82, 2.24) is 9.80 Å². The van der Waals surface area contributed by atoms with E-state index >= 15 is 0 Å². The van der Waals surface area contributed by atoms with Crippen LogP contribution in [0.3, 0.4) is 0 Å². The smallest absolute Gasteiger partial charge is 0.327 e. The number of unbranched alkanes of at least 4 members (excludes halogenated alkanes) is 5. The zero-order chi connectivity index (χ0) is 20.9. The van der Waals surface area contributed by atoms with Gasteiger partial charge in [-0.15, -0.1) is 0 Å². The number of Topliss-reactive ketones (excluding diaryl/α,β-unsaturated/α-hetero) is 1. The SMILES string of the molecule is CCCCCC(=O)CCN1C(=O)N(C)C(=O)C1CCCCCCC(=O)OCC. The molecule has 0 aliphatic carbocycles. The molecular formula is C21H36N2O5. The van der Waals surface area contributed by atoms with E-state index in [0.717, 1.165) is 49.8 Å². The van der Waals surface area contributed by atoms with Crippen molar-refractivity contribution in [2.45, 2.75) is 90.5 Å². The average Bonchev–Trinajstić information content (AvgIpc) is 2.87. The lowest BCUT2D eigenvalue weighted by atomic mass is 10.0. The van der Waals surface area contributed by atoms with Crippen LogP contribution in [0.5, 0.6) is 0 Å². The fraction of sp³-hybridized carbons (Fsp3) is 0.810. The molecule has 0 bridgehead atoms. The van der Waals surface area contributed by atoms with Gasteiger partial charge in [0.25, 0.3) is 5.91 Å². The van der Waals surface area contributed by atoms with E-state index in [9.17, 15) is 19.2 Å². The van der Waals surface area contributed by atoms with E-state index in [0.29, 0.717) is 38.8 Å². The largest absolute Gasteiger partial charge is 0.466 e. The van der Waals surface area contributed by atoms with Gasteiger partial charge in [-0.25, -0.2) is 4.79 Å². The Morgan fingerprint density at radius 2 is 1.61 bits per heavy atom. The molecule has 7 nitrogen and oxygen atoms in total. The number of esters is 1. The van der Waals surface area contributed by atoms with E-state index in [2.05, 4.69) is 6.92 Å². The summed E-state index contributed by atoms with van der Waals surface area (Å²) in [6.07, 6.45) is 8.22. The molecule has 1 fully saturated rings. The summed E-state index contributed by atoms with van der Waals surface area (Å²) < 4.78 is 4.90. The molecule has 1 aliphatic rings. The maximum atomic E-state index is 12.4. The van der Waals surface area contributed by atoms with Crippen LogP contribution in [0, 0.1) is 0 Å². The molecule has 0 radical (unpaired) electrons. The van der Waals surface area contributed by atoms with Crippen molar-refractivity contribution in [1.29, 1.82) is 0 Å². The van der Waals surface area contributed by atoms with Crippen LogP contribution in [0.25, 0.3) is 0 Å². The summed E-state index contributed by atoms with van der Waals surface area (Å²) in [5.74, 6) is -0.202. The standard InChI is InChI=1S/C21H36N2O5/c1-4-6-9-12-17(24)15-16-23-18(20(26)22(3)21(23)27)13-10-7-8-11-14-19(25)28-5-2/h18H,4-16H2,1-3H3. The highest BCUT2D eigenvalue weighted by atomic mass is 16.5. The zero-order valence-corrected chi connectivity index (χ0v) is 17.7. The molecule has 1 atom stereocenters. The highest BCUT2D eigenvalue weighted by Crippen LogP contribution is 2.22. The monoisotopic (exact) mass is 396 g/mol. The average molecular weight is 397 g/mol. The minimum Gasteiger partial charge on any atom is -0.466 e. The van der Waals surface area contributed by atoms with Crippen LogP contribution in [0.1, 0.15) is 84.5 Å². The van der Waals surface area contributed by atoms with Gasteiger partial charge in [-0.1, -0.05) is 39.0 Å². The van der Waals surface area contributed by atoms with Crippen LogP contribution < -0.4 is 0 Å². The molecule has 1 rings (SSSR count). The third-order valence-corrected chi connectivity index (χ3v) is 5.13. The number of likely N-dealkylation sites (N-methyl/N-ethyl adjacent to an activating group) is 1. The zero-order valence-electron chi connectivity index (χ0n) is 17.7. The van der Waals surface area contributed by atoms with Crippen LogP contribution in [-0.2, 0) is 19.1 Å². The number of ether oxygens (including phenoxy) is 1. The number of carbonyl (C=O) groups is 4. The third kappa shape index (κ3) is 7.98. The number of carbonyl (C=O) groups excluding carboxylic acids is 4. The molecule has 0 saturated carbocycles. The summed E-state index contributed by atoms with van der Waals surface area (Å²) in [5, 5.41) is 0. The highest BCUT2D eigenvalue weighted by molar-refractivity contribution is 6.04. The fourth-order valence-electron chi connectivity index (χ4n) is 3.44. The molecular weight excluding hydrogens is 360 g/mol. The van der Waals surface area contributed by atoms with Gasteiger partial charge in [0, 0.05) is 32.9 Å². The van der Waals surface area contributed by atoms with Gasteiger partial charge in [0.05, 0.1) is 6.61 Å². The number of nitrogens with zero attached hydrogens (tertiary/aromatic N) is 2. The Balaban J connectivity index is 2.37. The fourth-order valence-corrected chi connectivity index (χ4v) is 3.44. The number of ketones is 1. The van der Waals surface area contributed by atoms with Gasteiger partial charge in [0.1, 0.15) is 11.8 Å². The summed E-state index contributed by atoms with van der Waals surface area (Å²) in [6.45, 7) is 4.60. The predicted octanol–water partition coefficient (Wildman–Crippen LogP) is 3.69. The number of hydrogen-bond donors (Lipinski definition) is 0. The lowest BCUT2D eigenvalue weighted by Crippen LogP contribution is -2.36. The highest BCUT2D eigenvalue weighted by Gasteiger charge is 2.42. The van der Waals surface area contributed by atoms with Crippen molar-refractivity contribution >= 4 is 23.7 Å². The molecule has 28 heavy (non-hydrogen) atoms. The molecule has 1 aliphatic heterocycles. The Morgan fingerprint density at radius 3 is 2.29 bits per heavy atom. The Hall–Kier alpha value is -1.92. The number of hydrogen-bond acceptors (Lipinski definition) is 5. The number of amides is 3. The molecule has 0 aromatic heterocycles. The molecule has 3 amide bonds. The van der Waals surface area contributed by atoms with Crippen LogP contribution in [0.4, 0.5) is 4.79 Å². The summed E-state index contributed by atoms with van der Waals surface area (Å²) in [7, 11) is 1.50. The second-order valence-corrected chi connectivity index (χ2v) is 7.39. The first-order chi connectivity index (χ1) is 13.4. The summed E-state index contributed by atoms with van der Waals surface area (Å²) in [4.78, 5) is 50.8. The Morgan fingerprint density at radius 1 is 0.929 bits per heavy atom. The lowest BCUT2D eigenvalue weighted by Gasteiger charge is -2.21. The van der Waals surface area contributed by atoms with E-state index in [1.165, 1.54) is 7.05 Å². The molecule has 1 unspecified atom stereocenters. The first-order valence-corrected chi connectivity index (χ1v) is 10.7. The maximum absolute atomic E-state index is 12.4. The summed E-state index contributed by atoms with van der Waals surface area (Å²) in [6, 6.07) is -0.773. The quantitative estimate of drug-likeness (QED) is 0.239. The van der Waals surface area contributed by atoms with Crippen LogP contribution in [0.2, 0.25) is 0 Å². The van der Waals surface area contributed by atoms with Crippen molar-refractivity contribution < 1.29 is 23.9 Å². The van der Waals surface area contributed by atoms with E-state index in [1.54, 1.807) is 11.8 Å². The van der Waals surface area contributed by atoms with Crippen LogP contribution in [0.15, 0.2) is 0 Å². The first-order valence-electron chi connectivity index (χ1n) is 10.7. The van der Waals surface area contributed by atoms with Gasteiger partial charge < -0.3 is 9.64 Å². The van der Waals surface area contributed by atoms with Gasteiger partial charge in [-0.05, 0) is 26.2 Å². The first kappa shape index (κ1) is 24.1. The molecule has 0 spiro atoms. The van der Waals surface area contributed by atoms with E-state index in [-0.39, 0.29) is 23.7 Å². The van der Waals surface area contributed by atoms with Gasteiger partial charge >= 0.3 is 12.0 Å². The topological polar surface area (TPSA) is 84.0 Å². The van der Waals surface area contributed by atoms with Crippen LogP contribution in [-0.4, -0.2) is 59.7 Å². The van der Waals surface area contributed by atoms with Crippen molar-refractivity contribution in [2.75, 3.05) is 20.2 Å². The minimum atomic E-state index is -0.467. The molecule has 1 heterocycles. The summed E-state index contributed by atoms with van der Waals surface area (Å²) >= 11 is 0. The number of imide groups is 1.